The molecule has 8 heteroatoms. The van der Waals surface area contributed by atoms with Crippen LogP contribution in [0.25, 0.3) is 0 Å². The van der Waals surface area contributed by atoms with Crippen LogP contribution in [0.3, 0.4) is 0 Å². The van der Waals surface area contributed by atoms with Crippen LogP contribution < -0.4 is 5.73 Å². The van der Waals surface area contributed by atoms with Crippen molar-refractivity contribution in [1.29, 1.82) is 0 Å². The summed E-state index contributed by atoms with van der Waals surface area (Å²) in [5, 5.41) is 0.978. The topological polar surface area (TPSA) is 49.6 Å². The molecule has 4 rings (SSSR count). The van der Waals surface area contributed by atoms with Gasteiger partial charge in [-0.25, -0.2) is 8.78 Å². The Morgan fingerprint density at radius 3 is 1.76 bits per heavy atom. The summed E-state index contributed by atoms with van der Waals surface area (Å²) in [5.41, 5.74) is 8.80. The van der Waals surface area contributed by atoms with Crippen molar-refractivity contribution in [3.05, 3.63) is 105 Å². The summed E-state index contributed by atoms with van der Waals surface area (Å²) in [6, 6.07) is 16.7. The van der Waals surface area contributed by atoms with Crippen molar-refractivity contribution in [2.24, 2.45) is 5.73 Å². The second kappa shape index (κ2) is 10.9. The van der Waals surface area contributed by atoms with Gasteiger partial charge in [0.15, 0.2) is 0 Å². The minimum Gasteiger partial charge on any atom is -0.320 e. The first-order valence-electron chi connectivity index (χ1n) is 11.0. The van der Waals surface area contributed by atoms with E-state index in [1.807, 2.05) is 6.07 Å². The SMILES string of the molecule is NC(C=O)C(c1ccc(Cl)cc1Cl)N1CCN(C(c2ccc(F)cc2)c2ccc(F)cc2)CC1. The normalized spacial score (nSPS) is 17.0. The molecule has 0 amide bonds. The molecule has 1 aliphatic heterocycles. The van der Waals surface area contributed by atoms with E-state index in [4.69, 9.17) is 28.9 Å². The van der Waals surface area contributed by atoms with E-state index in [1.54, 1.807) is 36.4 Å². The third kappa shape index (κ3) is 5.48. The zero-order chi connectivity index (χ0) is 24.2. The summed E-state index contributed by atoms with van der Waals surface area (Å²) in [5.74, 6) is -0.617. The highest BCUT2D eigenvalue weighted by molar-refractivity contribution is 6.35. The number of benzene rings is 3. The largest absolute Gasteiger partial charge is 0.320 e. The second-order valence-electron chi connectivity index (χ2n) is 8.40. The first kappa shape index (κ1) is 24.8. The van der Waals surface area contributed by atoms with Crippen molar-refractivity contribution in [2.45, 2.75) is 18.1 Å². The second-order valence-corrected chi connectivity index (χ2v) is 9.25. The standard InChI is InChI=1S/C26H25Cl2F2N3O/c27-19-5-10-22(23(28)15-19)26(24(31)16-34)33-13-11-32(12-14-33)25(17-1-6-20(29)7-2-17)18-3-8-21(30)9-4-18/h1-10,15-16,24-26H,11-14,31H2. The molecule has 2 N–H and O–H groups in total. The predicted octanol–water partition coefficient (Wildman–Crippen LogP) is 5.25. The number of carbonyl (C=O) groups is 1. The number of rotatable bonds is 7. The summed E-state index contributed by atoms with van der Waals surface area (Å²) in [4.78, 5) is 16.1. The lowest BCUT2D eigenvalue weighted by Gasteiger charge is -2.43. The Morgan fingerprint density at radius 2 is 1.29 bits per heavy atom. The number of halogens is 4. The van der Waals surface area contributed by atoms with Crippen LogP contribution in [-0.2, 0) is 4.79 Å². The Balaban J connectivity index is 1.59. The zero-order valence-electron chi connectivity index (χ0n) is 18.4. The maximum absolute atomic E-state index is 13.6. The van der Waals surface area contributed by atoms with Gasteiger partial charge in [-0.05, 0) is 53.1 Å². The highest BCUT2D eigenvalue weighted by Crippen LogP contribution is 2.35. The van der Waals surface area contributed by atoms with Gasteiger partial charge in [-0.2, -0.15) is 0 Å². The average Bonchev–Trinajstić information content (AvgIpc) is 2.84. The van der Waals surface area contributed by atoms with Crippen LogP contribution in [0.1, 0.15) is 28.8 Å². The highest BCUT2D eigenvalue weighted by Gasteiger charge is 2.33. The highest BCUT2D eigenvalue weighted by atomic mass is 35.5. The van der Waals surface area contributed by atoms with Gasteiger partial charge in [0.2, 0.25) is 0 Å². The summed E-state index contributed by atoms with van der Waals surface area (Å²) in [6.45, 7) is 2.58. The lowest BCUT2D eigenvalue weighted by atomic mass is 9.95. The third-order valence-electron chi connectivity index (χ3n) is 6.28. The Hall–Kier alpha value is -2.35. The number of hydrogen-bond acceptors (Lipinski definition) is 4. The van der Waals surface area contributed by atoms with Crippen molar-refractivity contribution < 1.29 is 13.6 Å². The fourth-order valence-electron chi connectivity index (χ4n) is 4.64. The molecule has 0 aromatic heterocycles. The van der Waals surface area contributed by atoms with Gasteiger partial charge in [-0.3, -0.25) is 9.80 Å². The van der Waals surface area contributed by atoms with Crippen molar-refractivity contribution >= 4 is 29.5 Å². The van der Waals surface area contributed by atoms with E-state index in [0.29, 0.717) is 36.2 Å². The van der Waals surface area contributed by atoms with Gasteiger partial charge < -0.3 is 10.5 Å². The molecule has 2 unspecified atom stereocenters. The first-order chi connectivity index (χ1) is 16.4. The maximum Gasteiger partial charge on any atom is 0.138 e. The van der Waals surface area contributed by atoms with E-state index in [1.165, 1.54) is 24.3 Å². The Labute approximate surface area is 207 Å². The van der Waals surface area contributed by atoms with Gasteiger partial charge in [0.05, 0.1) is 18.1 Å². The Kier molecular flexibility index (Phi) is 7.96. The predicted molar refractivity (Wildman–Crippen MR) is 131 cm³/mol. The van der Waals surface area contributed by atoms with Crippen LogP contribution in [0, 0.1) is 11.6 Å². The van der Waals surface area contributed by atoms with Crippen LogP contribution in [-0.4, -0.2) is 48.3 Å². The number of nitrogens with zero attached hydrogens (tertiary/aromatic N) is 2. The monoisotopic (exact) mass is 503 g/mol. The molecule has 3 aromatic carbocycles. The van der Waals surface area contributed by atoms with Crippen molar-refractivity contribution in [2.75, 3.05) is 26.2 Å². The van der Waals surface area contributed by atoms with E-state index in [-0.39, 0.29) is 23.7 Å². The minimum atomic E-state index is -0.754. The third-order valence-corrected chi connectivity index (χ3v) is 6.84. The van der Waals surface area contributed by atoms with Crippen molar-refractivity contribution in [3.8, 4) is 0 Å². The lowest BCUT2D eigenvalue weighted by molar-refractivity contribution is -0.110. The molecule has 0 bridgehead atoms. The van der Waals surface area contributed by atoms with E-state index in [2.05, 4.69) is 9.80 Å². The quantitative estimate of drug-likeness (QED) is 0.447. The molecule has 0 aliphatic carbocycles. The maximum atomic E-state index is 13.6. The number of piperazine rings is 1. The van der Waals surface area contributed by atoms with Crippen LogP contribution in [0.15, 0.2) is 66.7 Å². The summed E-state index contributed by atoms with van der Waals surface area (Å²) in [7, 11) is 0. The van der Waals surface area contributed by atoms with E-state index in [0.717, 1.165) is 23.0 Å². The minimum absolute atomic E-state index is 0.166. The molecular weight excluding hydrogens is 479 g/mol. The van der Waals surface area contributed by atoms with Gasteiger partial charge in [-0.15, -0.1) is 0 Å². The molecule has 2 atom stereocenters. The molecule has 0 spiro atoms. The van der Waals surface area contributed by atoms with Crippen LogP contribution >= 0.6 is 23.2 Å². The summed E-state index contributed by atoms with van der Waals surface area (Å²) < 4.78 is 27.2. The molecule has 1 fully saturated rings. The van der Waals surface area contributed by atoms with Gasteiger partial charge in [-0.1, -0.05) is 53.5 Å². The van der Waals surface area contributed by atoms with Crippen molar-refractivity contribution in [1.82, 2.24) is 9.80 Å². The molecule has 4 nitrogen and oxygen atoms in total. The average molecular weight is 504 g/mol. The fraction of sp³-hybridized carbons (Fsp3) is 0.269. The van der Waals surface area contributed by atoms with Gasteiger partial charge in [0.25, 0.3) is 0 Å². The fourth-order valence-corrected chi connectivity index (χ4v) is 5.16. The van der Waals surface area contributed by atoms with Crippen LogP contribution in [0.4, 0.5) is 8.78 Å². The van der Waals surface area contributed by atoms with Gasteiger partial charge in [0, 0.05) is 36.2 Å². The number of carbonyl (C=O) groups excluding carboxylic acids is 1. The molecular formula is C26H25Cl2F2N3O. The smallest absolute Gasteiger partial charge is 0.138 e. The van der Waals surface area contributed by atoms with E-state index < -0.39 is 6.04 Å². The first-order valence-corrected chi connectivity index (χ1v) is 11.8. The number of aldehydes is 1. The van der Waals surface area contributed by atoms with Crippen LogP contribution in [0.2, 0.25) is 10.0 Å². The Morgan fingerprint density at radius 1 is 0.794 bits per heavy atom. The molecule has 0 radical (unpaired) electrons. The molecule has 1 aliphatic rings. The summed E-state index contributed by atoms with van der Waals surface area (Å²) >= 11 is 12.5. The molecule has 0 saturated carbocycles. The molecule has 178 valence electrons. The lowest BCUT2D eigenvalue weighted by Crippen LogP contribution is -2.52. The Bertz CT molecular complexity index is 1070. The van der Waals surface area contributed by atoms with Gasteiger partial charge in [0.1, 0.15) is 17.9 Å². The summed E-state index contributed by atoms with van der Waals surface area (Å²) in [6.07, 6.45) is 0.738. The number of hydrogen-bond donors (Lipinski definition) is 1. The van der Waals surface area contributed by atoms with Crippen LogP contribution in [0.5, 0.6) is 0 Å². The van der Waals surface area contributed by atoms with E-state index in [9.17, 15) is 13.6 Å². The zero-order valence-corrected chi connectivity index (χ0v) is 19.9. The molecule has 34 heavy (non-hydrogen) atoms. The molecule has 1 saturated heterocycles. The van der Waals surface area contributed by atoms with E-state index >= 15 is 0 Å². The van der Waals surface area contributed by atoms with Crippen molar-refractivity contribution in [3.63, 3.8) is 0 Å². The van der Waals surface area contributed by atoms with Gasteiger partial charge >= 0.3 is 0 Å². The number of nitrogens with two attached hydrogens (primary N) is 1. The molecule has 3 aromatic rings. The molecule has 1 heterocycles.